The number of aromatic nitrogens is 2. The van der Waals surface area contributed by atoms with Crippen LogP contribution in [0.3, 0.4) is 0 Å². The minimum absolute atomic E-state index is 0.170. The third-order valence-corrected chi connectivity index (χ3v) is 6.00. The monoisotopic (exact) mass is 444 g/mol. The Hall–Kier alpha value is -2.14. The van der Waals surface area contributed by atoms with Gasteiger partial charge in [-0.05, 0) is 42.5 Å². The van der Waals surface area contributed by atoms with Gasteiger partial charge in [0.15, 0.2) is 5.78 Å². The van der Waals surface area contributed by atoms with Crippen molar-refractivity contribution in [2.75, 3.05) is 0 Å². The SMILES string of the molecule is Cc1cc(C(=O)c2cnn(CC(C)C)c2COCc2ccccc2)c(Cl)c(C)c1Cl. The number of hydrogen-bond donors (Lipinski definition) is 0. The van der Waals surface area contributed by atoms with Crippen LogP contribution in [-0.2, 0) is 24.5 Å². The van der Waals surface area contributed by atoms with Crippen LogP contribution in [0.5, 0.6) is 0 Å². The molecule has 0 aliphatic rings. The van der Waals surface area contributed by atoms with Crippen LogP contribution in [0.15, 0.2) is 42.6 Å². The molecule has 1 heterocycles. The zero-order chi connectivity index (χ0) is 21.8. The van der Waals surface area contributed by atoms with Crippen molar-refractivity contribution in [3.63, 3.8) is 0 Å². The molecule has 2 aromatic carbocycles. The molecular formula is C24H26Cl2N2O2. The van der Waals surface area contributed by atoms with Crippen LogP contribution in [0, 0.1) is 19.8 Å². The van der Waals surface area contributed by atoms with E-state index in [2.05, 4.69) is 18.9 Å². The number of benzene rings is 2. The molecule has 158 valence electrons. The Morgan fingerprint density at radius 2 is 1.77 bits per heavy atom. The molecule has 0 amide bonds. The van der Waals surface area contributed by atoms with Crippen molar-refractivity contribution in [3.05, 3.63) is 86.2 Å². The first-order valence-electron chi connectivity index (χ1n) is 9.95. The summed E-state index contributed by atoms with van der Waals surface area (Å²) in [5.74, 6) is 0.209. The lowest BCUT2D eigenvalue weighted by Gasteiger charge is -2.14. The molecule has 0 fully saturated rings. The van der Waals surface area contributed by atoms with Gasteiger partial charge in [-0.25, -0.2) is 0 Å². The van der Waals surface area contributed by atoms with Crippen LogP contribution in [0.4, 0.5) is 0 Å². The predicted molar refractivity (Wildman–Crippen MR) is 121 cm³/mol. The van der Waals surface area contributed by atoms with Gasteiger partial charge in [-0.15, -0.1) is 0 Å². The molecule has 1 aromatic heterocycles. The largest absolute Gasteiger partial charge is 0.370 e. The number of carbonyl (C=O) groups excluding carboxylic acids is 1. The molecule has 0 saturated heterocycles. The maximum atomic E-state index is 13.4. The van der Waals surface area contributed by atoms with Crippen molar-refractivity contribution < 1.29 is 9.53 Å². The van der Waals surface area contributed by atoms with Gasteiger partial charge in [-0.1, -0.05) is 67.4 Å². The summed E-state index contributed by atoms with van der Waals surface area (Å²) in [5.41, 5.74) is 4.30. The molecule has 3 rings (SSSR count). The summed E-state index contributed by atoms with van der Waals surface area (Å²) in [6.45, 7) is 9.35. The minimum atomic E-state index is -0.170. The first-order chi connectivity index (χ1) is 14.3. The topological polar surface area (TPSA) is 44.1 Å². The number of nitrogens with zero attached hydrogens (tertiary/aromatic N) is 2. The van der Waals surface area contributed by atoms with Gasteiger partial charge in [-0.3, -0.25) is 9.48 Å². The number of carbonyl (C=O) groups is 1. The van der Waals surface area contributed by atoms with Gasteiger partial charge >= 0.3 is 0 Å². The first kappa shape index (κ1) is 22.5. The smallest absolute Gasteiger partial charge is 0.198 e. The zero-order valence-corrected chi connectivity index (χ0v) is 19.2. The Morgan fingerprint density at radius 1 is 1.07 bits per heavy atom. The summed E-state index contributed by atoms with van der Waals surface area (Å²) >= 11 is 12.8. The quantitative estimate of drug-likeness (QED) is 0.377. The van der Waals surface area contributed by atoms with Crippen molar-refractivity contribution >= 4 is 29.0 Å². The molecule has 4 nitrogen and oxygen atoms in total. The predicted octanol–water partition coefficient (Wildman–Crippen LogP) is 6.41. The second kappa shape index (κ2) is 9.78. The summed E-state index contributed by atoms with van der Waals surface area (Å²) in [4.78, 5) is 13.4. The van der Waals surface area contributed by atoms with Gasteiger partial charge in [-0.2, -0.15) is 5.10 Å². The van der Waals surface area contributed by atoms with Gasteiger partial charge in [0.2, 0.25) is 0 Å². The molecule has 6 heteroatoms. The van der Waals surface area contributed by atoms with E-state index in [1.807, 2.05) is 48.9 Å². The molecule has 0 aliphatic carbocycles. The van der Waals surface area contributed by atoms with E-state index >= 15 is 0 Å². The standard InChI is InChI=1S/C24H26Cl2N2O2/c1-15(2)12-28-21(14-30-13-18-8-6-5-7-9-18)20(11-27-28)24(29)19-10-16(3)22(25)17(4)23(19)26/h5-11,15H,12-14H2,1-4H3. The summed E-state index contributed by atoms with van der Waals surface area (Å²) in [7, 11) is 0. The van der Waals surface area contributed by atoms with E-state index in [4.69, 9.17) is 27.9 Å². The Labute approximate surface area is 187 Å². The van der Waals surface area contributed by atoms with Crippen LogP contribution in [0.25, 0.3) is 0 Å². The summed E-state index contributed by atoms with van der Waals surface area (Å²) in [6, 6.07) is 11.7. The van der Waals surface area contributed by atoms with Crippen molar-refractivity contribution in [2.24, 2.45) is 5.92 Å². The molecule has 0 atom stereocenters. The summed E-state index contributed by atoms with van der Waals surface area (Å²) in [6.07, 6.45) is 1.61. The molecule has 0 spiro atoms. The fraction of sp³-hybridized carbons (Fsp3) is 0.333. The average Bonchev–Trinajstić information content (AvgIpc) is 3.11. The number of rotatable bonds is 8. The zero-order valence-electron chi connectivity index (χ0n) is 17.7. The van der Waals surface area contributed by atoms with Crippen molar-refractivity contribution in [2.45, 2.75) is 47.5 Å². The maximum Gasteiger partial charge on any atom is 0.198 e. The highest BCUT2D eigenvalue weighted by Gasteiger charge is 2.23. The molecule has 0 aliphatic heterocycles. The Balaban J connectivity index is 1.92. The van der Waals surface area contributed by atoms with E-state index < -0.39 is 0 Å². The fourth-order valence-corrected chi connectivity index (χ4v) is 3.78. The van der Waals surface area contributed by atoms with Crippen LogP contribution < -0.4 is 0 Å². The van der Waals surface area contributed by atoms with Gasteiger partial charge in [0.25, 0.3) is 0 Å². The summed E-state index contributed by atoms with van der Waals surface area (Å²) in [5, 5.41) is 5.43. The lowest BCUT2D eigenvalue weighted by atomic mass is 9.99. The molecule has 0 N–H and O–H groups in total. The maximum absolute atomic E-state index is 13.4. The Bertz CT molecular complexity index is 1040. The Morgan fingerprint density at radius 3 is 2.43 bits per heavy atom. The normalized spacial score (nSPS) is 11.3. The molecule has 0 saturated carbocycles. The number of ether oxygens (including phenoxy) is 1. The van der Waals surface area contributed by atoms with E-state index in [1.54, 1.807) is 12.3 Å². The molecule has 0 bridgehead atoms. The van der Waals surface area contributed by atoms with Gasteiger partial charge in [0.05, 0.1) is 35.7 Å². The lowest BCUT2D eigenvalue weighted by Crippen LogP contribution is -2.14. The second-order valence-corrected chi connectivity index (χ2v) is 8.64. The second-order valence-electron chi connectivity index (χ2n) is 7.88. The van der Waals surface area contributed by atoms with E-state index in [0.717, 1.165) is 16.8 Å². The van der Waals surface area contributed by atoms with Gasteiger partial charge < -0.3 is 4.74 Å². The van der Waals surface area contributed by atoms with E-state index in [1.165, 1.54) is 0 Å². The van der Waals surface area contributed by atoms with Crippen LogP contribution in [0.2, 0.25) is 10.0 Å². The van der Waals surface area contributed by atoms with Gasteiger partial charge in [0.1, 0.15) is 0 Å². The molecule has 0 unspecified atom stereocenters. The molecule has 3 aromatic rings. The number of aryl methyl sites for hydroxylation is 1. The Kier molecular flexibility index (Phi) is 7.35. The average molecular weight is 445 g/mol. The molecular weight excluding hydrogens is 419 g/mol. The first-order valence-corrected chi connectivity index (χ1v) is 10.7. The van der Waals surface area contributed by atoms with Crippen molar-refractivity contribution in [3.8, 4) is 0 Å². The van der Waals surface area contributed by atoms with Crippen molar-refractivity contribution in [1.29, 1.82) is 0 Å². The van der Waals surface area contributed by atoms with E-state index in [0.29, 0.717) is 45.8 Å². The fourth-order valence-electron chi connectivity index (χ4n) is 3.34. The highest BCUT2D eigenvalue weighted by molar-refractivity contribution is 6.39. The van der Waals surface area contributed by atoms with E-state index in [9.17, 15) is 4.79 Å². The van der Waals surface area contributed by atoms with Crippen LogP contribution in [-0.4, -0.2) is 15.6 Å². The number of ketones is 1. The van der Waals surface area contributed by atoms with Gasteiger partial charge in [0, 0.05) is 17.1 Å². The lowest BCUT2D eigenvalue weighted by molar-refractivity contribution is 0.0959. The van der Waals surface area contributed by atoms with Crippen LogP contribution >= 0.6 is 23.2 Å². The molecule has 30 heavy (non-hydrogen) atoms. The van der Waals surface area contributed by atoms with Crippen molar-refractivity contribution in [1.82, 2.24) is 9.78 Å². The number of hydrogen-bond acceptors (Lipinski definition) is 3. The number of halogens is 2. The summed E-state index contributed by atoms with van der Waals surface area (Å²) < 4.78 is 7.80. The highest BCUT2D eigenvalue weighted by Crippen LogP contribution is 2.32. The third kappa shape index (κ3) is 4.94. The third-order valence-electron chi connectivity index (χ3n) is 4.93. The highest BCUT2D eigenvalue weighted by atomic mass is 35.5. The minimum Gasteiger partial charge on any atom is -0.370 e. The molecule has 0 radical (unpaired) electrons. The van der Waals surface area contributed by atoms with E-state index in [-0.39, 0.29) is 12.4 Å². The van der Waals surface area contributed by atoms with Crippen LogP contribution in [0.1, 0.15) is 52.2 Å².